The molecule has 0 saturated carbocycles. The van der Waals surface area contributed by atoms with Gasteiger partial charge < -0.3 is 25.4 Å². The van der Waals surface area contributed by atoms with Gasteiger partial charge in [0.05, 0.1) is 12.3 Å². The molecule has 0 spiro atoms. The second-order valence-corrected chi connectivity index (χ2v) is 10.8. The molecule has 1 aromatic carbocycles. The maximum Gasteiger partial charge on any atom is 0.322 e. The Morgan fingerprint density at radius 3 is 2.83 bits per heavy atom. The molecule has 1 aliphatic rings. The van der Waals surface area contributed by atoms with Crippen LogP contribution in [-0.2, 0) is 17.8 Å². The predicted octanol–water partition coefficient (Wildman–Crippen LogP) is 3.56. The molecule has 216 valence electrons. The van der Waals surface area contributed by atoms with Crippen LogP contribution in [0.4, 0.5) is 5.95 Å². The zero-order valence-electron chi connectivity index (χ0n) is 24.1. The van der Waals surface area contributed by atoms with Crippen molar-refractivity contribution in [1.29, 1.82) is 0 Å². The van der Waals surface area contributed by atoms with Gasteiger partial charge in [0.1, 0.15) is 6.10 Å². The van der Waals surface area contributed by atoms with Crippen molar-refractivity contribution in [2.24, 2.45) is 5.92 Å². The van der Waals surface area contributed by atoms with E-state index in [9.17, 15) is 9.90 Å². The van der Waals surface area contributed by atoms with Crippen LogP contribution in [0.1, 0.15) is 62.6 Å². The third kappa shape index (κ3) is 7.17. The van der Waals surface area contributed by atoms with E-state index in [0.717, 1.165) is 48.1 Å². The van der Waals surface area contributed by atoms with E-state index >= 15 is 0 Å². The van der Waals surface area contributed by atoms with E-state index in [1.54, 1.807) is 9.42 Å². The first kappa shape index (κ1) is 29.5. The van der Waals surface area contributed by atoms with Gasteiger partial charge in [0.25, 0.3) is 0 Å². The molecule has 1 fully saturated rings. The van der Waals surface area contributed by atoms with Gasteiger partial charge in [-0.3, -0.25) is 4.79 Å². The Morgan fingerprint density at radius 1 is 1.30 bits per heavy atom. The van der Waals surface area contributed by atoms with Crippen LogP contribution >= 0.6 is 0 Å². The lowest BCUT2D eigenvalue weighted by Crippen LogP contribution is -2.30. The smallest absolute Gasteiger partial charge is 0.322 e. The van der Waals surface area contributed by atoms with Crippen molar-refractivity contribution < 1.29 is 14.6 Å². The SMILES string of the molecule is C=CC(=O)N1CCC(C(O)Cc2cccc(CNc3nc(OC(CC)CCNC)nc4c(C(C)C)cnn34)c2)C1. The number of carbonyl (C=O) groups excluding carboxylic acids is 1. The summed E-state index contributed by atoms with van der Waals surface area (Å²) in [6.45, 7) is 12.5. The van der Waals surface area contributed by atoms with Crippen LogP contribution in [0, 0.1) is 5.92 Å². The number of likely N-dealkylation sites (tertiary alicyclic amines) is 1. The van der Waals surface area contributed by atoms with E-state index in [4.69, 9.17) is 14.7 Å². The van der Waals surface area contributed by atoms with Crippen LogP contribution in [0.15, 0.2) is 43.1 Å². The molecular weight excluding hydrogens is 506 g/mol. The summed E-state index contributed by atoms with van der Waals surface area (Å²) in [5.41, 5.74) is 3.89. The number of aliphatic hydroxyl groups excluding tert-OH is 1. The highest BCUT2D eigenvalue weighted by molar-refractivity contribution is 5.87. The van der Waals surface area contributed by atoms with Crippen molar-refractivity contribution in [2.45, 2.75) is 71.1 Å². The summed E-state index contributed by atoms with van der Waals surface area (Å²) in [6.07, 6.45) is 5.73. The molecule has 2 aromatic heterocycles. The molecule has 4 rings (SSSR count). The first-order chi connectivity index (χ1) is 19.3. The number of aromatic nitrogens is 4. The van der Waals surface area contributed by atoms with Crippen LogP contribution in [0.3, 0.4) is 0 Å². The van der Waals surface area contributed by atoms with Gasteiger partial charge >= 0.3 is 6.01 Å². The molecule has 3 atom stereocenters. The molecule has 3 heterocycles. The number of nitrogens with zero attached hydrogens (tertiary/aromatic N) is 5. The number of nitrogens with one attached hydrogen (secondary N) is 2. The normalized spacial score (nSPS) is 16.9. The lowest BCUT2D eigenvalue weighted by molar-refractivity contribution is -0.125. The van der Waals surface area contributed by atoms with Crippen molar-refractivity contribution in [3.05, 3.63) is 59.8 Å². The van der Waals surface area contributed by atoms with E-state index in [2.05, 4.69) is 49.1 Å². The van der Waals surface area contributed by atoms with Gasteiger partial charge in [-0.25, -0.2) is 0 Å². The van der Waals surface area contributed by atoms with Crippen molar-refractivity contribution in [3.63, 3.8) is 0 Å². The van der Waals surface area contributed by atoms with E-state index in [0.29, 0.717) is 38.0 Å². The number of carbonyl (C=O) groups is 1. The van der Waals surface area contributed by atoms with Crippen molar-refractivity contribution in [2.75, 3.05) is 32.0 Å². The molecule has 1 aliphatic heterocycles. The number of amides is 1. The molecule has 0 aliphatic carbocycles. The van der Waals surface area contributed by atoms with Crippen molar-refractivity contribution in [3.8, 4) is 6.01 Å². The fraction of sp³-hybridized carbons (Fsp3) is 0.533. The lowest BCUT2D eigenvalue weighted by Gasteiger charge is -2.19. The summed E-state index contributed by atoms with van der Waals surface area (Å²) < 4.78 is 7.95. The summed E-state index contributed by atoms with van der Waals surface area (Å²) >= 11 is 0. The summed E-state index contributed by atoms with van der Waals surface area (Å²) in [4.78, 5) is 23.1. The fourth-order valence-electron chi connectivity index (χ4n) is 5.14. The molecule has 0 radical (unpaired) electrons. The second kappa shape index (κ2) is 13.7. The number of aliphatic hydroxyl groups is 1. The van der Waals surface area contributed by atoms with Gasteiger partial charge in [-0.15, -0.1) is 0 Å². The number of hydrogen-bond acceptors (Lipinski definition) is 8. The minimum Gasteiger partial charge on any atom is -0.460 e. The molecule has 3 unspecified atom stereocenters. The van der Waals surface area contributed by atoms with Crippen LogP contribution in [0.25, 0.3) is 5.65 Å². The first-order valence-corrected chi connectivity index (χ1v) is 14.3. The Balaban J connectivity index is 1.47. The molecule has 1 saturated heterocycles. The highest BCUT2D eigenvalue weighted by Gasteiger charge is 2.30. The van der Waals surface area contributed by atoms with E-state index in [1.807, 2.05) is 31.4 Å². The largest absolute Gasteiger partial charge is 0.460 e. The quantitative estimate of drug-likeness (QED) is 0.261. The second-order valence-electron chi connectivity index (χ2n) is 10.8. The van der Waals surface area contributed by atoms with Gasteiger partial charge in [-0.1, -0.05) is 51.6 Å². The molecule has 0 bridgehead atoms. The van der Waals surface area contributed by atoms with Crippen LogP contribution in [0.5, 0.6) is 6.01 Å². The van der Waals surface area contributed by atoms with Crippen LogP contribution in [0.2, 0.25) is 0 Å². The average molecular weight is 550 g/mol. The van der Waals surface area contributed by atoms with E-state index in [1.165, 1.54) is 6.08 Å². The monoisotopic (exact) mass is 549 g/mol. The Bertz CT molecular complexity index is 1290. The Morgan fingerprint density at radius 2 is 2.10 bits per heavy atom. The molecule has 10 nitrogen and oxygen atoms in total. The average Bonchev–Trinajstić information content (AvgIpc) is 3.62. The topological polar surface area (TPSA) is 117 Å². The summed E-state index contributed by atoms with van der Waals surface area (Å²) in [6, 6.07) is 8.52. The Kier molecular flexibility index (Phi) is 10.1. The van der Waals surface area contributed by atoms with Crippen LogP contribution in [-0.4, -0.2) is 74.4 Å². The molecule has 1 amide bonds. The molecule has 3 N–H and O–H groups in total. The number of ether oxygens (including phenoxy) is 1. The Labute approximate surface area is 236 Å². The highest BCUT2D eigenvalue weighted by atomic mass is 16.5. The number of benzene rings is 1. The fourth-order valence-corrected chi connectivity index (χ4v) is 5.14. The number of fused-ring (bicyclic) bond motifs is 1. The van der Waals surface area contributed by atoms with Gasteiger partial charge in [0.15, 0.2) is 5.65 Å². The summed E-state index contributed by atoms with van der Waals surface area (Å²) in [7, 11) is 1.93. The summed E-state index contributed by atoms with van der Waals surface area (Å²) in [5.74, 6) is 0.813. The van der Waals surface area contributed by atoms with Crippen molar-refractivity contribution in [1.82, 2.24) is 29.8 Å². The van der Waals surface area contributed by atoms with Gasteiger partial charge in [0.2, 0.25) is 11.9 Å². The van der Waals surface area contributed by atoms with Gasteiger partial charge in [-0.2, -0.15) is 19.6 Å². The minimum atomic E-state index is -0.514. The number of anilines is 1. The van der Waals surface area contributed by atoms with Crippen LogP contribution < -0.4 is 15.4 Å². The molecule has 10 heteroatoms. The summed E-state index contributed by atoms with van der Waals surface area (Å²) in [5, 5.41) is 22.1. The maximum atomic E-state index is 11.9. The number of rotatable bonds is 14. The lowest BCUT2D eigenvalue weighted by atomic mass is 9.95. The maximum absolute atomic E-state index is 11.9. The third-order valence-electron chi connectivity index (χ3n) is 7.58. The van der Waals surface area contributed by atoms with Gasteiger partial charge in [0, 0.05) is 31.1 Å². The zero-order valence-corrected chi connectivity index (χ0v) is 24.1. The standard InChI is InChI=1S/C30H43N7O3/c1-6-24(11-13-31-5)40-30-34-28-25(20(3)4)18-33-37(28)29(35-30)32-17-22-10-8-9-21(15-22)16-26(38)23-12-14-36(19-23)27(39)7-2/h7-10,15,18,20,23-24,26,31,38H,2,6,11-14,16-17,19H2,1,3-5H3,(H,32,34,35). The first-order valence-electron chi connectivity index (χ1n) is 14.3. The predicted molar refractivity (Wildman–Crippen MR) is 156 cm³/mol. The van der Waals surface area contributed by atoms with Crippen molar-refractivity contribution >= 4 is 17.5 Å². The number of hydrogen-bond donors (Lipinski definition) is 3. The molecule has 3 aromatic rings. The highest BCUT2D eigenvalue weighted by Crippen LogP contribution is 2.25. The van der Waals surface area contributed by atoms with E-state index in [-0.39, 0.29) is 23.8 Å². The zero-order chi connectivity index (χ0) is 28.6. The van der Waals surface area contributed by atoms with Gasteiger partial charge in [-0.05, 0) is 62.4 Å². The molecule has 40 heavy (non-hydrogen) atoms. The third-order valence-corrected chi connectivity index (χ3v) is 7.58. The minimum absolute atomic E-state index is 0.0121. The Hall–Kier alpha value is -3.50. The molecular formula is C30H43N7O3. The van der Waals surface area contributed by atoms with E-state index < -0.39 is 6.10 Å².